The molecule has 0 radical (unpaired) electrons. The van der Waals surface area contributed by atoms with Gasteiger partial charge in [-0.2, -0.15) is 0 Å². The smallest absolute Gasteiger partial charge is 0.234 e. The molecule has 2 aromatic carbocycles. The Morgan fingerprint density at radius 2 is 1.86 bits per heavy atom. The molecule has 1 heterocycles. The maximum Gasteiger partial charge on any atom is 0.234 e. The summed E-state index contributed by atoms with van der Waals surface area (Å²) >= 11 is 0. The third kappa shape index (κ3) is 2.44. The average molecular weight is 286 g/mol. The number of benzene rings is 2. The molecule has 0 aromatic heterocycles. The average Bonchev–Trinajstić information content (AvgIpc) is 2.53. The van der Waals surface area contributed by atoms with Crippen LogP contribution in [-0.2, 0) is 16.0 Å². The van der Waals surface area contributed by atoms with Crippen LogP contribution in [0.3, 0.4) is 0 Å². The van der Waals surface area contributed by atoms with Crippen molar-refractivity contribution in [2.75, 3.05) is 4.90 Å². The van der Waals surface area contributed by atoms with E-state index in [0.29, 0.717) is 17.7 Å². The molecule has 4 heteroatoms. The summed E-state index contributed by atoms with van der Waals surface area (Å²) in [6.45, 7) is -2.88. The molecule has 1 aliphatic rings. The number of carbonyl (C=O) groups excluding carboxylic acids is 2. The minimum atomic E-state index is -2.88. The Kier molecular flexibility index (Phi) is 2.51. The lowest BCUT2D eigenvalue weighted by atomic mass is 9.96. The first-order valence-electron chi connectivity index (χ1n) is 8.03. The summed E-state index contributed by atoms with van der Waals surface area (Å²) in [5, 5.41) is 0. The van der Waals surface area contributed by atoms with Gasteiger partial charge in [-0.25, -0.2) is 4.39 Å². The van der Waals surface area contributed by atoms with Gasteiger partial charge < -0.3 is 0 Å². The van der Waals surface area contributed by atoms with Crippen molar-refractivity contribution in [3.05, 3.63) is 53.8 Å². The van der Waals surface area contributed by atoms with E-state index in [1.165, 1.54) is 12.1 Å². The summed E-state index contributed by atoms with van der Waals surface area (Å²) < 4.78 is 34.8. The first-order chi connectivity index (χ1) is 11.3. The van der Waals surface area contributed by atoms with Gasteiger partial charge in [0, 0.05) is 17.4 Å². The number of hydrogen-bond acceptors (Lipinski definition) is 2. The van der Waals surface area contributed by atoms with Gasteiger partial charge in [-0.15, -0.1) is 0 Å². The van der Waals surface area contributed by atoms with E-state index in [9.17, 15) is 14.0 Å². The van der Waals surface area contributed by atoms with Crippen molar-refractivity contribution in [2.45, 2.75) is 19.7 Å². The molecule has 106 valence electrons. The van der Waals surface area contributed by atoms with Crippen LogP contribution < -0.4 is 4.90 Å². The van der Waals surface area contributed by atoms with Crippen molar-refractivity contribution in [3.63, 3.8) is 0 Å². The molecule has 0 unspecified atom stereocenters. The number of rotatable bonds is 1. The number of halogens is 1. The molecule has 21 heavy (non-hydrogen) atoms. The van der Waals surface area contributed by atoms with Gasteiger partial charge in [0.1, 0.15) is 5.82 Å². The molecule has 2 aromatic rings. The van der Waals surface area contributed by atoms with Crippen LogP contribution in [0.5, 0.6) is 0 Å². The fraction of sp³-hybridized carbons (Fsp3) is 0.176. The topological polar surface area (TPSA) is 37.4 Å². The zero-order valence-corrected chi connectivity index (χ0v) is 11.1. The minimum Gasteiger partial charge on any atom is -0.274 e. The SMILES string of the molecule is [2H]C([2H])([2H])C(=O)N1C(=O)CCc2cc(-c3ccc(F)cc3)ccc21. The molecule has 0 saturated carbocycles. The van der Waals surface area contributed by atoms with E-state index in [2.05, 4.69) is 0 Å². The Labute approximate surface area is 126 Å². The lowest BCUT2D eigenvalue weighted by molar-refractivity contribution is -0.125. The number of fused-ring (bicyclic) bond motifs is 1. The lowest BCUT2D eigenvalue weighted by Gasteiger charge is -2.27. The van der Waals surface area contributed by atoms with E-state index < -0.39 is 18.7 Å². The first kappa shape index (κ1) is 10.3. The van der Waals surface area contributed by atoms with Gasteiger partial charge in [-0.05, 0) is 47.4 Å². The minimum absolute atomic E-state index is 0.0711. The lowest BCUT2D eigenvalue weighted by Crippen LogP contribution is -2.38. The molecule has 0 fully saturated rings. The molecule has 0 spiro atoms. The summed E-state index contributed by atoms with van der Waals surface area (Å²) in [4.78, 5) is 24.9. The Morgan fingerprint density at radius 3 is 2.57 bits per heavy atom. The molecule has 0 bridgehead atoms. The molecule has 1 aliphatic heterocycles. The van der Waals surface area contributed by atoms with Crippen LogP contribution in [0, 0.1) is 5.82 Å². The van der Waals surface area contributed by atoms with E-state index >= 15 is 0 Å². The highest BCUT2D eigenvalue weighted by Crippen LogP contribution is 2.32. The van der Waals surface area contributed by atoms with Crippen LogP contribution in [0.1, 0.15) is 22.9 Å². The maximum atomic E-state index is 13.0. The summed E-state index contributed by atoms with van der Waals surface area (Å²) in [5.41, 5.74) is 2.63. The van der Waals surface area contributed by atoms with Crippen molar-refractivity contribution in [1.29, 1.82) is 0 Å². The third-order valence-corrected chi connectivity index (χ3v) is 3.56. The highest BCUT2D eigenvalue weighted by molar-refractivity contribution is 6.15. The van der Waals surface area contributed by atoms with E-state index in [0.717, 1.165) is 16.0 Å². The largest absolute Gasteiger partial charge is 0.274 e. The van der Waals surface area contributed by atoms with Crippen molar-refractivity contribution in [2.24, 2.45) is 0 Å². The highest BCUT2D eigenvalue weighted by Gasteiger charge is 2.27. The monoisotopic (exact) mass is 286 g/mol. The van der Waals surface area contributed by atoms with Crippen molar-refractivity contribution >= 4 is 17.5 Å². The van der Waals surface area contributed by atoms with E-state index in [4.69, 9.17) is 4.11 Å². The van der Waals surface area contributed by atoms with Gasteiger partial charge in [-0.1, -0.05) is 18.2 Å². The predicted octanol–water partition coefficient (Wildman–Crippen LogP) is 3.32. The van der Waals surface area contributed by atoms with Crippen LogP contribution >= 0.6 is 0 Å². The van der Waals surface area contributed by atoms with Crippen LogP contribution in [0.25, 0.3) is 11.1 Å². The number of anilines is 1. The van der Waals surface area contributed by atoms with Crippen LogP contribution in [0.4, 0.5) is 10.1 Å². The van der Waals surface area contributed by atoms with E-state index in [1.54, 1.807) is 30.3 Å². The Hall–Kier alpha value is -2.49. The van der Waals surface area contributed by atoms with Crippen molar-refractivity contribution in [1.82, 2.24) is 0 Å². The standard InChI is InChI=1S/C17H14FNO2/c1-11(20)19-16-8-4-13(10-14(16)5-9-17(19)21)12-2-6-15(18)7-3-12/h2-4,6-8,10H,5,9H2,1H3/i1D3. The number of nitrogens with zero attached hydrogens (tertiary/aromatic N) is 1. The van der Waals surface area contributed by atoms with Gasteiger partial charge in [0.05, 0.1) is 5.69 Å². The fourth-order valence-electron chi connectivity index (χ4n) is 2.54. The number of hydrogen-bond donors (Lipinski definition) is 0. The molecular weight excluding hydrogens is 269 g/mol. The van der Waals surface area contributed by atoms with Gasteiger partial charge in [0.15, 0.2) is 0 Å². The molecule has 0 N–H and O–H groups in total. The molecule has 0 atom stereocenters. The maximum absolute atomic E-state index is 13.0. The molecule has 0 saturated heterocycles. The summed E-state index contributed by atoms with van der Waals surface area (Å²) in [5.74, 6) is -2.04. The van der Waals surface area contributed by atoms with E-state index in [-0.39, 0.29) is 12.2 Å². The Balaban J connectivity index is 2.03. The van der Waals surface area contributed by atoms with Crippen LogP contribution in [0.2, 0.25) is 0 Å². The van der Waals surface area contributed by atoms with Gasteiger partial charge in [0.2, 0.25) is 11.8 Å². The zero-order valence-electron chi connectivity index (χ0n) is 14.1. The number of imide groups is 1. The quantitative estimate of drug-likeness (QED) is 0.806. The molecular formula is C17H14FNO2. The first-order valence-corrected chi connectivity index (χ1v) is 6.53. The number of amides is 2. The van der Waals surface area contributed by atoms with Gasteiger partial charge in [-0.3, -0.25) is 14.5 Å². The molecule has 2 amide bonds. The summed E-state index contributed by atoms with van der Waals surface area (Å²) in [6, 6.07) is 11.0. The third-order valence-electron chi connectivity index (χ3n) is 3.56. The number of aryl methyl sites for hydroxylation is 1. The van der Waals surface area contributed by atoms with Crippen molar-refractivity contribution in [3.8, 4) is 11.1 Å². The predicted molar refractivity (Wildman–Crippen MR) is 78.3 cm³/mol. The zero-order chi connectivity index (χ0) is 17.5. The Morgan fingerprint density at radius 1 is 1.14 bits per heavy atom. The number of carbonyl (C=O) groups is 2. The second kappa shape index (κ2) is 5.13. The molecule has 0 aliphatic carbocycles. The summed E-state index contributed by atoms with van der Waals surface area (Å²) in [7, 11) is 0. The fourth-order valence-corrected chi connectivity index (χ4v) is 2.54. The second-order valence-corrected chi connectivity index (χ2v) is 4.88. The van der Waals surface area contributed by atoms with Crippen molar-refractivity contribution < 1.29 is 18.1 Å². The van der Waals surface area contributed by atoms with Crippen LogP contribution in [0.15, 0.2) is 42.5 Å². The second-order valence-electron chi connectivity index (χ2n) is 4.88. The molecule has 3 rings (SSSR count). The Bertz CT molecular complexity index is 816. The van der Waals surface area contributed by atoms with E-state index in [1.807, 2.05) is 0 Å². The highest BCUT2D eigenvalue weighted by atomic mass is 19.1. The van der Waals surface area contributed by atoms with Gasteiger partial charge in [0.25, 0.3) is 0 Å². The van der Waals surface area contributed by atoms with Crippen LogP contribution in [-0.4, -0.2) is 11.8 Å². The molecule has 3 nitrogen and oxygen atoms in total. The van der Waals surface area contributed by atoms with Gasteiger partial charge >= 0.3 is 0 Å². The summed E-state index contributed by atoms with van der Waals surface area (Å²) in [6.07, 6.45) is 0.496. The normalized spacial score (nSPS) is 16.7.